The van der Waals surface area contributed by atoms with Gasteiger partial charge in [0.15, 0.2) is 11.5 Å². The molecule has 2 aromatic rings. The summed E-state index contributed by atoms with van der Waals surface area (Å²) in [6, 6.07) is 13.2. The first-order valence-electron chi connectivity index (χ1n) is 8.73. The van der Waals surface area contributed by atoms with Crippen LogP contribution in [0.3, 0.4) is 0 Å². The minimum absolute atomic E-state index is 0.279. The molecule has 0 spiro atoms. The summed E-state index contributed by atoms with van der Waals surface area (Å²) in [6.07, 6.45) is 0. The number of benzene rings is 2. The lowest BCUT2D eigenvalue weighted by Gasteiger charge is -2.26. The number of hydrogen-bond donors (Lipinski definition) is 1. The molecule has 3 rings (SSSR count). The third-order valence-corrected chi connectivity index (χ3v) is 4.60. The molecule has 0 radical (unpaired) electrons. The van der Waals surface area contributed by atoms with Gasteiger partial charge < -0.3 is 14.8 Å². The van der Waals surface area contributed by atoms with E-state index >= 15 is 0 Å². The maximum atomic E-state index is 5.74. The van der Waals surface area contributed by atoms with Gasteiger partial charge in [-0.15, -0.1) is 0 Å². The Balaban J connectivity index is 1.77. The summed E-state index contributed by atoms with van der Waals surface area (Å²) in [5, 5.41) is 3.72. The number of nitrogens with one attached hydrogen (secondary N) is 1. The van der Waals surface area contributed by atoms with Gasteiger partial charge in [0.2, 0.25) is 0 Å². The van der Waals surface area contributed by atoms with E-state index in [-0.39, 0.29) is 6.04 Å². The Labute approximate surface area is 145 Å². The summed E-state index contributed by atoms with van der Waals surface area (Å²) in [6.45, 7) is 10.9. The minimum Gasteiger partial charge on any atom is -0.486 e. The van der Waals surface area contributed by atoms with Gasteiger partial charge in [-0.3, -0.25) is 0 Å². The van der Waals surface area contributed by atoms with Gasteiger partial charge in [0.1, 0.15) is 13.2 Å². The van der Waals surface area contributed by atoms with E-state index in [1.165, 1.54) is 22.3 Å². The van der Waals surface area contributed by atoms with E-state index in [2.05, 4.69) is 63.3 Å². The van der Waals surface area contributed by atoms with E-state index in [1.807, 2.05) is 6.07 Å². The molecule has 3 nitrogen and oxygen atoms in total. The molecular formula is C21H27NO2. The number of ether oxygens (including phenoxy) is 2. The first kappa shape index (κ1) is 16.8. The smallest absolute Gasteiger partial charge is 0.161 e. The molecular weight excluding hydrogens is 298 g/mol. The molecule has 1 heterocycles. The highest BCUT2D eigenvalue weighted by Gasteiger charge is 2.19. The van der Waals surface area contributed by atoms with Crippen molar-refractivity contribution in [3.63, 3.8) is 0 Å². The monoisotopic (exact) mass is 325 g/mol. The minimum atomic E-state index is 0.279. The van der Waals surface area contributed by atoms with Crippen molar-refractivity contribution in [2.75, 3.05) is 13.2 Å². The number of hydrogen-bond acceptors (Lipinski definition) is 3. The molecule has 0 amide bonds. The van der Waals surface area contributed by atoms with Gasteiger partial charge in [0, 0.05) is 12.6 Å². The zero-order valence-electron chi connectivity index (χ0n) is 15.1. The Morgan fingerprint density at radius 1 is 0.958 bits per heavy atom. The first-order valence-corrected chi connectivity index (χ1v) is 8.73. The molecule has 128 valence electrons. The molecule has 0 bridgehead atoms. The van der Waals surface area contributed by atoms with Crippen LogP contribution in [0.2, 0.25) is 0 Å². The molecule has 24 heavy (non-hydrogen) atoms. The molecule has 1 atom stereocenters. The van der Waals surface area contributed by atoms with Crippen LogP contribution in [-0.4, -0.2) is 13.2 Å². The first-order chi connectivity index (χ1) is 11.5. The van der Waals surface area contributed by atoms with E-state index in [0.717, 1.165) is 18.0 Å². The van der Waals surface area contributed by atoms with Crippen molar-refractivity contribution >= 4 is 0 Å². The van der Waals surface area contributed by atoms with E-state index in [9.17, 15) is 0 Å². The number of fused-ring (bicyclic) bond motifs is 1. The third kappa shape index (κ3) is 3.73. The normalized spacial score (nSPS) is 14.7. The highest BCUT2D eigenvalue weighted by molar-refractivity contribution is 5.44. The van der Waals surface area contributed by atoms with Crippen LogP contribution in [0.25, 0.3) is 0 Å². The third-order valence-electron chi connectivity index (χ3n) is 4.60. The standard InChI is InChI=1S/C21H27NO2/c1-14(2)21(22-13-18-6-5-15(3)11-16(18)4)17-7-8-19-20(12-17)24-10-9-23-19/h5-8,11-12,14,21-22H,9-10,13H2,1-4H3. The fourth-order valence-electron chi connectivity index (χ4n) is 3.26. The van der Waals surface area contributed by atoms with Crippen LogP contribution in [0.5, 0.6) is 11.5 Å². The van der Waals surface area contributed by atoms with Gasteiger partial charge in [-0.05, 0) is 48.6 Å². The molecule has 1 aliphatic heterocycles. The van der Waals surface area contributed by atoms with Crippen LogP contribution >= 0.6 is 0 Å². The van der Waals surface area contributed by atoms with Gasteiger partial charge in [0.25, 0.3) is 0 Å². The van der Waals surface area contributed by atoms with Crippen LogP contribution in [-0.2, 0) is 6.54 Å². The SMILES string of the molecule is Cc1ccc(CNC(c2ccc3c(c2)OCCO3)C(C)C)c(C)c1. The van der Waals surface area contributed by atoms with Crippen molar-refractivity contribution in [3.05, 3.63) is 58.7 Å². The highest BCUT2D eigenvalue weighted by atomic mass is 16.6. The summed E-state index contributed by atoms with van der Waals surface area (Å²) in [5.41, 5.74) is 5.25. The zero-order chi connectivity index (χ0) is 17.1. The topological polar surface area (TPSA) is 30.5 Å². The van der Waals surface area contributed by atoms with E-state index in [4.69, 9.17) is 9.47 Å². The largest absolute Gasteiger partial charge is 0.486 e. The fourth-order valence-corrected chi connectivity index (χ4v) is 3.26. The van der Waals surface area contributed by atoms with E-state index in [1.54, 1.807) is 0 Å². The van der Waals surface area contributed by atoms with Crippen molar-refractivity contribution < 1.29 is 9.47 Å². The quantitative estimate of drug-likeness (QED) is 0.874. The Morgan fingerprint density at radius 3 is 2.42 bits per heavy atom. The van der Waals surface area contributed by atoms with Crippen molar-refractivity contribution in [1.29, 1.82) is 0 Å². The predicted molar refractivity (Wildman–Crippen MR) is 97.8 cm³/mol. The second-order valence-corrected chi connectivity index (χ2v) is 6.94. The molecule has 0 aromatic heterocycles. The second-order valence-electron chi connectivity index (χ2n) is 6.94. The molecule has 0 saturated heterocycles. The van der Waals surface area contributed by atoms with Crippen LogP contribution < -0.4 is 14.8 Å². The summed E-state index contributed by atoms with van der Waals surface area (Å²) in [4.78, 5) is 0. The highest BCUT2D eigenvalue weighted by Crippen LogP contribution is 2.34. The van der Waals surface area contributed by atoms with Crippen molar-refractivity contribution in [2.24, 2.45) is 5.92 Å². The molecule has 1 aliphatic rings. The fraction of sp³-hybridized carbons (Fsp3) is 0.429. The summed E-state index contributed by atoms with van der Waals surface area (Å²) >= 11 is 0. The molecule has 3 heteroatoms. The zero-order valence-corrected chi connectivity index (χ0v) is 15.1. The Kier molecular flexibility index (Phi) is 5.10. The van der Waals surface area contributed by atoms with Crippen LogP contribution in [0.1, 0.15) is 42.1 Å². The Bertz CT molecular complexity index is 709. The van der Waals surface area contributed by atoms with Gasteiger partial charge in [-0.25, -0.2) is 0 Å². The van der Waals surface area contributed by atoms with Gasteiger partial charge in [-0.1, -0.05) is 43.7 Å². The van der Waals surface area contributed by atoms with Crippen molar-refractivity contribution in [2.45, 2.75) is 40.3 Å². The van der Waals surface area contributed by atoms with Crippen molar-refractivity contribution in [1.82, 2.24) is 5.32 Å². The van der Waals surface area contributed by atoms with E-state index < -0.39 is 0 Å². The molecule has 1 unspecified atom stereocenters. The van der Waals surface area contributed by atoms with Gasteiger partial charge in [-0.2, -0.15) is 0 Å². The van der Waals surface area contributed by atoms with Crippen LogP contribution in [0.4, 0.5) is 0 Å². The molecule has 1 N–H and O–H groups in total. The molecule has 0 aliphatic carbocycles. The summed E-state index contributed by atoms with van der Waals surface area (Å²) < 4.78 is 11.4. The van der Waals surface area contributed by atoms with Crippen LogP contribution in [0.15, 0.2) is 36.4 Å². The average molecular weight is 325 g/mol. The predicted octanol–water partition coefficient (Wildman–Crippen LogP) is 4.56. The number of rotatable bonds is 5. The second kappa shape index (κ2) is 7.27. The lowest BCUT2D eigenvalue weighted by molar-refractivity contribution is 0.171. The molecule has 0 saturated carbocycles. The lowest BCUT2D eigenvalue weighted by Crippen LogP contribution is -2.26. The average Bonchev–Trinajstić information content (AvgIpc) is 2.56. The summed E-state index contributed by atoms with van der Waals surface area (Å²) in [5.74, 6) is 2.19. The Hall–Kier alpha value is -2.00. The molecule has 0 fully saturated rings. The van der Waals surface area contributed by atoms with Gasteiger partial charge >= 0.3 is 0 Å². The Morgan fingerprint density at radius 2 is 1.71 bits per heavy atom. The molecule has 2 aromatic carbocycles. The lowest BCUT2D eigenvalue weighted by atomic mass is 9.95. The van der Waals surface area contributed by atoms with Gasteiger partial charge in [0.05, 0.1) is 0 Å². The maximum absolute atomic E-state index is 5.74. The number of aryl methyl sites for hydroxylation is 2. The van der Waals surface area contributed by atoms with E-state index in [0.29, 0.717) is 19.1 Å². The van der Waals surface area contributed by atoms with Crippen LogP contribution in [0, 0.1) is 19.8 Å². The maximum Gasteiger partial charge on any atom is 0.161 e. The van der Waals surface area contributed by atoms with Crippen molar-refractivity contribution in [3.8, 4) is 11.5 Å². The summed E-state index contributed by atoms with van der Waals surface area (Å²) in [7, 11) is 0.